The van der Waals surface area contributed by atoms with E-state index in [1.54, 1.807) is 13.3 Å². The van der Waals surface area contributed by atoms with E-state index in [2.05, 4.69) is 16.4 Å². The lowest BCUT2D eigenvalue weighted by atomic mass is 10.2. The third-order valence-electron chi connectivity index (χ3n) is 2.55. The molecule has 15 heavy (non-hydrogen) atoms. The van der Waals surface area contributed by atoms with Crippen LogP contribution in [0.4, 0.5) is 0 Å². The first kappa shape index (κ1) is 10.8. The molecule has 1 N–H and O–H groups in total. The van der Waals surface area contributed by atoms with Crippen LogP contribution in [0.1, 0.15) is 12.0 Å². The van der Waals surface area contributed by atoms with Crippen LogP contribution in [0.5, 0.6) is 5.88 Å². The average molecular weight is 224 g/mol. The van der Waals surface area contributed by atoms with Gasteiger partial charge in [0.15, 0.2) is 0 Å². The topological polar surface area (TPSA) is 34.1 Å². The summed E-state index contributed by atoms with van der Waals surface area (Å²) in [5.41, 5.74) is 1.14. The number of hydrogen-bond donors (Lipinski definition) is 1. The van der Waals surface area contributed by atoms with Crippen LogP contribution in [-0.2, 0) is 6.54 Å². The Kier molecular flexibility index (Phi) is 3.86. The van der Waals surface area contributed by atoms with Crippen molar-refractivity contribution in [2.45, 2.75) is 19.0 Å². The fourth-order valence-corrected chi connectivity index (χ4v) is 2.88. The van der Waals surface area contributed by atoms with Crippen molar-refractivity contribution >= 4 is 11.8 Å². The van der Waals surface area contributed by atoms with Crippen molar-refractivity contribution < 1.29 is 4.74 Å². The van der Waals surface area contributed by atoms with Crippen molar-refractivity contribution in [2.24, 2.45) is 0 Å². The minimum Gasteiger partial charge on any atom is -0.481 e. The van der Waals surface area contributed by atoms with Crippen molar-refractivity contribution in [1.29, 1.82) is 0 Å². The van der Waals surface area contributed by atoms with E-state index in [0.717, 1.165) is 18.0 Å². The van der Waals surface area contributed by atoms with E-state index in [1.807, 2.05) is 17.8 Å². The molecule has 82 valence electrons. The molecule has 2 rings (SSSR count). The molecule has 1 atom stereocenters. The highest BCUT2D eigenvalue weighted by atomic mass is 32.2. The second-order valence-electron chi connectivity index (χ2n) is 3.61. The van der Waals surface area contributed by atoms with Crippen LogP contribution in [0.25, 0.3) is 0 Å². The number of thioether (sulfide) groups is 1. The van der Waals surface area contributed by atoms with Crippen LogP contribution in [0.3, 0.4) is 0 Å². The molecule has 3 nitrogen and oxygen atoms in total. The van der Waals surface area contributed by atoms with Crippen molar-refractivity contribution in [3.63, 3.8) is 0 Å². The molecule has 0 aromatic carbocycles. The van der Waals surface area contributed by atoms with Gasteiger partial charge in [0.25, 0.3) is 0 Å². The van der Waals surface area contributed by atoms with E-state index in [-0.39, 0.29) is 0 Å². The number of pyridine rings is 1. The van der Waals surface area contributed by atoms with Crippen LogP contribution < -0.4 is 10.1 Å². The summed E-state index contributed by atoms with van der Waals surface area (Å²) in [6.45, 7) is 0.849. The van der Waals surface area contributed by atoms with Gasteiger partial charge in [-0.3, -0.25) is 0 Å². The number of rotatable bonds is 4. The zero-order valence-corrected chi connectivity index (χ0v) is 9.72. The van der Waals surface area contributed by atoms with Gasteiger partial charge in [-0.1, -0.05) is 6.07 Å². The zero-order chi connectivity index (χ0) is 10.5. The molecule has 1 aliphatic heterocycles. The summed E-state index contributed by atoms with van der Waals surface area (Å²) >= 11 is 2.02. The van der Waals surface area contributed by atoms with Crippen LogP contribution in [-0.4, -0.2) is 29.6 Å². The molecule has 0 saturated carbocycles. The molecule has 1 aromatic rings. The molecule has 1 fully saturated rings. The fraction of sp³-hybridized carbons (Fsp3) is 0.545. The maximum absolute atomic E-state index is 5.20. The predicted octanol–water partition coefficient (Wildman–Crippen LogP) is 1.69. The number of nitrogens with zero attached hydrogens (tertiary/aromatic N) is 1. The fourth-order valence-electron chi connectivity index (χ4n) is 1.69. The normalized spacial score (nSPS) is 20.5. The maximum atomic E-state index is 5.20. The Morgan fingerprint density at radius 2 is 2.60 bits per heavy atom. The third-order valence-corrected chi connectivity index (χ3v) is 3.72. The van der Waals surface area contributed by atoms with Gasteiger partial charge in [0.05, 0.1) is 7.11 Å². The van der Waals surface area contributed by atoms with E-state index < -0.39 is 0 Å². The quantitative estimate of drug-likeness (QED) is 0.844. The molecule has 4 heteroatoms. The van der Waals surface area contributed by atoms with Gasteiger partial charge in [-0.2, -0.15) is 11.8 Å². The van der Waals surface area contributed by atoms with Crippen molar-refractivity contribution in [2.75, 3.05) is 18.6 Å². The molecule has 0 aliphatic carbocycles. The summed E-state index contributed by atoms with van der Waals surface area (Å²) in [5, 5.41) is 3.53. The molecule has 0 unspecified atom stereocenters. The first-order valence-electron chi connectivity index (χ1n) is 5.19. The van der Waals surface area contributed by atoms with E-state index in [0.29, 0.717) is 6.04 Å². The summed E-state index contributed by atoms with van der Waals surface area (Å²) in [5.74, 6) is 3.24. The minimum atomic E-state index is 0.653. The third kappa shape index (κ3) is 2.86. The molecular weight excluding hydrogens is 208 g/mol. The molecule has 0 radical (unpaired) electrons. The van der Waals surface area contributed by atoms with Crippen LogP contribution in [0.15, 0.2) is 18.3 Å². The Bertz CT molecular complexity index is 313. The standard InChI is InChI=1S/C11H16N2OS/c1-14-11-9(3-2-5-12-11)7-13-10-4-6-15-8-10/h2-3,5,10,13H,4,6-8H2,1H3/t10-/m1/s1. The van der Waals surface area contributed by atoms with Gasteiger partial charge >= 0.3 is 0 Å². The van der Waals surface area contributed by atoms with Crippen molar-refractivity contribution in [3.8, 4) is 5.88 Å². The highest BCUT2D eigenvalue weighted by molar-refractivity contribution is 7.99. The summed E-state index contributed by atoms with van der Waals surface area (Å²) in [7, 11) is 1.66. The number of hydrogen-bond acceptors (Lipinski definition) is 4. The van der Waals surface area contributed by atoms with Gasteiger partial charge in [0, 0.05) is 30.1 Å². The Hall–Kier alpha value is -0.740. The first-order chi connectivity index (χ1) is 7.40. The Labute approximate surface area is 94.6 Å². The average Bonchev–Trinajstić information content (AvgIpc) is 2.79. The second-order valence-corrected chi connectivity index (χ2v) is 4.76. The van der Waals surface area contributed by atoms with Crippen molar-refractivity contribution in [3.05, 3.63) is 23.9 Å². The number of nitrogens with one attached hydrogen (secondary N) is 1. The van der Waals surface area contributed by atoms with E-state index in [4.69, 9.17) is 4.74 Å². The van der Waals surface area contributed by atoms with Crippen LogP contribution in [0.2, 0.25) is 0 Å². The SMILES string of the molecule is COc1ncccc1CN[C@@H]1CCSC1. The smallest absolute Gasteiger partial charge is 0.217 e. The molecule has 1 aromatic heterocycles. The lowest BCUT2D eigenvalue weighted by molar-refractivity contribution is 0.389. The van der Waals surface area contributed by atoms with E-state index in [1.165, 1.54) is 17.9 Å². The van der Waals surface area contributed by atoms with Crippen LogP contribution in [0, 0.1) is 0 Å². The molecule has 0 spiro atoms. The highest BCUT2D eigenvalue weighted by Gasteiger charge is 2.15. The predicted molar refractivity (Wildman–Crippen MR) is 63.4 cm³/mol. The summed E-state index contributed by atoms with van der Waals surface area (Å²) in [4.78, 5) is 4.17. The summed E-state index contributed by atoms with van der Waals surface area (Å²) in [6, 6.07) is 4.66. The first-order valence-corrected chi connectivity index (χ1v) is 6.34. The van der Waals surface area contributed by atoms with Gasteiger partial charge in [0.2, 0.25) is 5.88 Å². The van der Waals surface area contributed by atoms with Gasteiger partial charge in [-0.15, -0.1) is 0 Å². The van der Waals surface area contributed by atoms with Gasteiger partial charge < -0.3 is 10.1 Å². The number of methoxy groups -OCH3 is 1. The van der Waals surface area contributed by atoms with Crippen LogP contribution >= 0.6 is 11.8 Å². The largest absolute Gasteiger partial charge is 0.481 e. The lowest BCUT2D eigenvalue weighted by Gasteiger charge is -2.12. The van der Waals surface area contributed by atoms with E-state index >= 15 is 0 Å². The molecule has 1 saturated heterocycles. The number of aromatic nitrogens is 1. The minimum absolute atomic E-state index is 0.653. The maximum Gasteiger partial charge on any atom is 0.217 e. The Morgan fingerprint density at radius 3 is 3.33 bits per heavy atom. The van der Waals surface area contributed by atoms with Gasteiger partial charge in [-0.05, 0) is 18.2 Å². The van der Waals surface area contributed by atoms with Crippen molar-refractivity contribution in [1.82, 2.24) is 10.3 Å². The van der Waals surface area contributed by atoms with Gasteiger partial charge in [-0.25, -0.2) is 4.98 Å². The summed E-state index contributed by atoms with van der Waals surface area (Å²) < 4.78 is 5.20. The highest BCUT2D eigenvalue weighted by Crippen LogP contribution is 2.19. The molecule has 0 bridgehead atoms. The molecule has 2 heterocycles. The molecule has 0 amide bonds. The zero-order valence-electron chi connectivity index (χ0n) is 8.90. The Balaban J connectivity index is 1.91. The molecule has 1 aliphatic rings. The monoisotopic (exact) mass is 224 g/mol. The second kappa shape index (κ2) is 5.37. The van der Waals surface area contributed by atoms with E-state index in [9.17, 15) is 0 Å². The van der Waals surface area contributed by atoms with Gasteiger partial charge in [0.1, 0.15) is 0 Å². The lowest BCUT2D eigenvalue weighted by Crippen LogP contribution is -2.28. The Morgan fingerprint density at radius 1 is 1.67 bits per heavy atom. The molecular formula is C11H16N2OS. The number of ether oxygens (including phenoxy) is 1. The summed E-state index contributed by atoms with van der Waals surface area (Å²) in [6.07, 6.45) is 3.03.